The fourth-order valence-corrected chi connectivity index (χ4v) is 9.46. The summed E-state index contributed by atoms with van der Waals surface area (Å²) in [6.07, 6.45) is -1.16. The average molecular weight is 860 g/mol. The maximum Gasteiger partial charge on any atom is 0.435 e. The van der Waals surface area contributed by atoms with Crippen LogP contribution < -0.4 is 15.4 Å². The number of nitrogens with one attached hydrogen (secondary N) is 3. The number of amides is 1. The summed E-state index contributed by atoms with van der Waals surface area (Å²) in [5.74, 6) is -8.99. The number of benzene rings is 2. The third-order valence-electron chi connectivity index (χ3n) is 10.8. The van der Waals surface area contributed by atoms with Gasteiger partial charge < -0.3 is 10.6 Å². The third-order valence-corrected chi connectivity index (χ3v) is 12.3. The number of allylic oxidation sites excluding steroid dienone is 2. The normalized spacial score (nSPS) is 21.0. The maximum atomic E-state index is 15.6. The molecule has 3 aliphatic rings. The predicted molar refractivity (Wildman–Crippen MR) is 204 cm³/mol. The number of carbonyl (C=O) groups is 1. The van der Waals surface area contributed by atoms with E-state index in [2.05, 4.69) is 37.5 Å². The van der Waals surface area contributed by atoms with Gasteiger partial charge in [-0.1, -0.05) is 42.5 Å². The van der Waals surface area contributed by atoms with Crippen molar-refractivity contribution < 1.29 is 43.9 Å². The lowest BCUT2D eigenvalue weighted by molar-refractivity contribution is -0.142. The highest BCUT2D eigenvalue weighted by molar-refractivity contribution is 7.92. The molecule has 0 radical (unpaired) electrons. The van der Waals surface area contributed by atoms with Gasteiger partial charge in [0.25, 0.3) is 5.92 Å². The first-order valence-electron chi connectivity index (χ1n) is 18.3. The summed E-state index contributed by atoms with van der Waals surface area (Å²) in [5, 5.41) is 14.9. The standard InChI is InChI=1S/C38H32F7N9O3S2/c1-16-9-25(16)47-36-49-35-27(58-36)14-23(20-5-4-6-22-31(20)53(2)51-34(22)52-59(3,56)57)30(48-35)26(12-17-10-18(39)13-19(40)11-17)46-28(55)15-54-33-29(32(50-54)38(43,44)45)21-7-8-24(21)37(33,41)42/h4-8,10-11,13-14,16,21,24-26H,9,12,15H2,1-3H3,(H,46,55)(H,51,52)(H,47,48,49)/t16?,21-,24+,25?,26-/m0/s1. The van der Waals surface area contributed by atoms with E-state index in [1.54, 1.807) is 31.3 Å². The van der Waals surface area contributed by atoms with Crippen LogP contribution in [0.15, 0.2) is 54.6 Å². The van der Waals surface area contributed by atoms with Gasteiger partial charge in [-0.15, -0.1) is 0 Å². The molecule has 9 rings (SSSR count). The SMILES string of the molecule is CC1CC1Nc1nc2nc([C@H](Cc3cc(F)cc(F)c3)NC(=O)Cn3nc(C(F)(F)F)c4c3C(F)(F)[C@@H]3C=C[C@H]43)c(-c3cccc4c(NS(C)(=O)=O)nn(C)c34)cc2s1. The molecule has 308 valence electrons. The first-order chi connectivity index (χ1) is 27.7. The molecule has 4 aromatic heterocycles. The van der Waals surface area contributed by atoms with Gasteiger partial charge in [0.05, 0.1) is 34.1 Å². The van der Waals surface area contributed by atoms with Gasteiger partial charge in [0.15, 0.2) is 22.3 Å². The Morgan fingerprint density at radius 3 is 2.42 bits per heavy atom. The van der Waals surface area contributed by atoms with Gasteiger partial charge in [0, 0.05) is 47.2 Å². The van der Waals surface area contributed by atoms with Gasteiger partial charge >= 0.3 is 6.18 Å². The number of nitrogens with zero attached hydrogens (tertiary/aromatic N) is 6. The first kappa shape index (κ1) is 38.9. The van der Waals surface area contributed by atoms with E-state index in [1.165, 1.54) is 22.1 Å². The highest BCUT2D eigenvalue weighted by Crippen LogP contribution is 2.60. The molecule has 1 fully saturated rings. The second kappa shape index (κ2) is 13.5. The number of carbonyl (C=O) groups excluding carboxylic acids is 1. The van der Waals surface area contributed by atoms with E-state index < -0.39 is 81.0 Å². The molecule has 3 N–H and O–H groups in total. The molecule has 3 aliphatic carbocycles. The molecule has 6 aromatic rings. The molecule has 21 heteroatoms. The van der Waals surface area contributed by atoms with Crippen molar-refractivity contribution >= 4 is 59.5 Å². The minimum absolute atomic E-state index is 0.0239. The fourth-order valence-electron chi connectivity index (χ4n) is 8.04. The van der Waals surface area contributed by atoms with Crippen molar-refractivity contribution in [2.75, 3.05) is 16.3 Å². The molecule has 1 saturated carbocycles. The van der Waals surface area contributed by atoms with Crippen LogP contribution in [0.3, 0.4) is 0 Å². The topological polar surface area (TPSA) is 149 Å². The van der Waals surface area contributed by atoms with Gasteiger partial charge in [-0.25, -0.2) is 27.2 Å². The lowest BCUT2D eigenvalue weighted by atomic mass is 9.81. The summed E-state index contributed by atoms with van der Waals surface area (Å²) in [7, 11) is -2.19. The Hall–Kier alpha value is -5.57. The number of hydrogen-bond acceptors (Lipinski definition) is 9. The van der Waals surface area contributed by atoms with Crippen molar-refractivity contribution in [3.8, 4) is 11.1 Å². The number of hydrogen-bond donors (Lipinski definition) is 3. The van der Waals surface area contributed by atoms with Crippen molar-refractivity contribution in [1.82, 2.24) is 34.8 Å². The van der Waals surface area contributed by atoms with E-state index in [4.69, 9.17) is 4.98 Å². The van der Waals surface area contributed by atoms with Crippen LogP contribution in [0.1, 0.15) is 53.5 Å². The summed E-state index contributed by atoms with van der Waals surface area (Å²) in [6.45, 7) is 1.01. The number of sulfonamides is 1. The fraction of sp³-hybridized carbons (Fsp3) is 0.342. The maximum absolute atomic E-state index is 15.6. The van der Waals surface area contributed by atoms with Crippen LogP contribution in [0.25, 0.3) is 32.4 Å². The van der Waals surface area contributed by atoms with E-state index in [-0.39, 0.29) is 35.2 Å². The highest BCUT2D eigenvalue weighted by Gasteiger charge is 2.61. The Morgan fingerprint density at radius 2 is 1.78 bits per heavy atom. The van der Waals surface area contributed by atoms with E-state index in [0.29, 0.717) is 48.5 Å². The van der Waals surface area contributed by atoms with Crippen LogP contribution >= 0.6 is 11.3 Å². The molecule has 59 heavy (non-hydrogen) atoms. The predicted octanol–water partition coefficient (Wildman–Crippen LogP) is 7.41. The number of aromatic nitrogens is 6. The first-order valence-corrected chi connectivity index (χ1v) is 21.0. The molecule has 5 atom stereocenters. The third kappa shape index (κ3) is 6.96. The van der Waals surface area contributed by atoms with Crippen LogP contribution in [0.4, 0.5) is 41.7 Å². The second-order valence-electron chi connectivity index (χ2n) is 15.2. The number of thiazole rings is 1. The molecule has 2 unspecified atom stereocenters. The second-order valence-corrected chi connectivity index (χ2v) is 18.0. The van der Waals surface area contributed by atoms with E-state index in [1.807, 2.05) is 0 Å². The smallest absolute Gasteiger partial charge is 0.358 e. The molecule has 0 aliphatic heterocycles. The van der Waals surface area contributed by atoms with Crippen LogP contribution in [-0.4, -0.2) is 56.2 Å². The van der Waals surface area contributed by atoms with Crippen LogP contribution in [0.2, 0.25) is 0 Å². The van der Waals surface area contributed by atoms with Gasteiger partial charge in [-0.3, -0.25) is 18.9 Å². The number of anilines is 2. The molecular weight excluding hydrogens is 828 g/mol. The zero-order valence-electron chi connectivity index (χ0n) is 31.1. The summed E-state index contributed by atoms with van der Waals surface area (Å²) in [6, 6.07) is 8.32. The minimum atomic E-state index is -5.10. The minimum Gasteiger partial charge on any atom is -0.358 e. The monoisotopic (exact) mass is 859 g/mol. The summed E-state index contributed by atoms with van der Waals surface area (Å²) < 4.78 is 132. The largest absolute Gasteiger partial charge is 0.435 e. The van der Waals surface area contributed by atoms with Gasteiger partial charge in [-0.05, 0) is 48.6 Å². The number of pyridine rings is 1. The van der Waals surface area contributed by atoms with Crippen LogP contribution in [0, 0.1) is 23.5 Å². The van der Waals surface area contributed by atoms with E-state index in [9.17, 15) is 35.2 Å². The molecule has 12 nitrogen and oxygen atoms in total. The summed E-state index contributed by atoms with van der Waals surface area (Å²) in [5.41, 5.74) is -1.63. The average Bonchev–Trinajstić information content (AvgIpc) is 3.36. The van der Waals surface area contributed by atoms with Gasteiger partial charge in [0.1, 0.15) is 23.9 Å². The molecule has 2 aromatic carbocycles. The van der Waals surface area contributed by atoms with Crippen molar-refractivity contribution in [3.05, 3.63) is 94.5 Å². The van der Waals surface area contributed by atoms with Crippen LogP contribution in [-0.2, 0) is 46.9 Å². The number of alkyl halides is 5. The lowest BCUT2D eigenvalue weighted by Crippen LogP contribution is -2.36. The zero-order valence-corrected chi connectivity index (χ0v) is 32.7. The van der Waals surface area contributed by atoms with E-state index in [0.717, 1.165) is 30.9 Å². The molecule has 4 heterocycles. The number of para-hydroxylation sites is 1. The van der Waals surface area contributed by atoms with Gasteiger partial charge in [0.2, 0.25) is 15.9 Å². The number of fused-ring (bicyclic) bond motifs is 5. The zero-order chi connectivity index (χ0) is 41.9. The summed E-state index contributed by atoms with van der Waals surface area (Å²) in [4.78, 5) is 23.6. The molecule has 1 amide bonds. The Kier molecular flexibility index (Phi) is 8.89. The van der Waals surface area contributed by atoms with Gasteiger partial charge in [-0.2, -0.15) is 32.1 Å². The highest BCUT2D eigenvalue weighted by atomic mass is 32.2. The lowest BCUT2D eigenvalue weighted by Gasteiger charge is -2.27. The molecule has 0 spiro atoms. The van der Waals surface area contributed by atoms with Crippen LogP contribution in [0.5, 0.6) is 0 Å². The van der Waals surface area contributed by atoms with Crippen molar-refractivity contribution in [2.45, 2.75) is 56.4 Å². The number of rotatable bonds is 11. The van der Waals surface area contributed by atoms with Crippen molar-refractivity contribution in [2.24, 2.45) is 18.9 Å². The molecule has 0 saturated heterocycles. The number of aryl methyl sites for hydroxylation is 1. The molecular formula is C38H32F7N9O3S2. The Bertz CT molecular complexity index is 2850. The molecule has 0 bridgehead atoms. The van der Waals surface area contributed by atoms with E-state index >= 15 is 8.78 Å². The Labute approximate surface area is 334 Å². The van der Waals surface area contributed by atoms with Crippen molar-refractivity contribution in [1.29, 1.82) is 0 Å². The Morgan fingerprint density at radius 1 is 1.05 bits per heavy atom. The quantitative estimate of drug-likeness (QED) is 0.0902. The Balaban J connectivity index is 1.19. The number of halogens is 7. The van der Waals surface area contributed by atoms with Crippen molar-refractivity contribution in [3.63, 3.8) is 0 Å². The summed E-state index contributed by atoms with van der Waals surface area (Å²) >= 11 is 1.30.